The third-order valence-corrected chi connectivity index (χ3v) is 3.23. The van der Waals surface area contributed by atoms with E-state index in [0.29, 0.717) is 12.3 Å². The van der Waals surface area contributed by atoms with Gasteiger partial charge in [0.2, 0.25) is 0 Å². The predicted octanol–water partition coefficient (Wildman–Crippen LogP) is 2.63. The van der Waals surface area contributed by atoms with Crippen molar-refractivity contribution >= 4 is 5.97 Å². The van der Waals surface area contributed by atoms with Crippen molar-refractivity contribution in [1.29, 1.82) is 0 Å². The van der Waals surface area contributed by atoms with Crippen LogP contribution in [0.4, 0.5) is 0 Å². The van der Waals surface area contributed by atoms with E-state index in [4.69, 9.17) is 10.5 Å². The van der Waals surface area contributed by atoms with Crippen LogP contribution in [0.5, 0.6) is 0 Å². The second-order valence-corrected chi connectivity index (χ2v) is 5.68. The molecule has 0 aromatic rings. The zero-order chi connectivity index (χ0) is 12.2. The van der Waals surface area contributed by atoms with Gasteiger partial charge in [0.25, 0.3) is 0 Å². The Morgan fingerprint density at radius 3 is 2.38 bits per heavy atom. The van der Waals surface area contributed by atoms with E-state index in [1.54, 1.807) is 0 Å². The van der Waals surface area contributed by atoms with Crippen molar-refractivity contribution < 1.29 is 9.53 Å². The maximum atomic E-state index is 11.7. The standard InChI is InChI=1S/C13H25NO2/c1-10(2)8-11(3)16-12(15)9-13(14)6-4-5-7-13/h10-11H,4-9,14H2,1-3H3. The molecular formula is C13H25NO2. The van der Waals surface area contributed by atoms with Crippen LogP contribution in [-0.2, 0) is 9.53 Å². The van der Waals surface area contributed by atoms with Gasteiger partial charge >= 0.3 is 5.97 Å². The van der Waals surface area contributed by atoms with E-state index >= 15 is 0 Å². The average Bonchev–Trinajstić information content (AvgIpc) is 2.48. The zero-order valence-electron chi connectivity index (χ0n) is 10.8. The van der Waals surface area contributed by atoms with E-state index < -0.39 is 0 Å². The Hall–Kier alpha value is -0.570. The van der Waals surface area contributed by atoms with Gasteiger partial charge in [-0.15, -0.1) is 0 Å². The van der Waals surface area contributed by atoms with Gasteiger partial charge in [0, 0.05) is 5.54 Å². The molecule has 1 rings (SSSR count). The molecule has 1 aliphatic rings. The fourth-order valence-electron chi connectivity index (χ4n) is 2.52. The molecule has 0 aromatic carbocycles. The van der Waals surface area contributed by atoms with E-state index in [0.717, 1.165) is 32.1 Å². The van der Waals surface area contributed by atoms with E-state index in [1.807, 2.05) is 6.92 Å². The summed E-state index contributed by atoms with van der Waals surface area (Å²) in [5, 5.41) is 0. The molecule has 0 spiro atoms. The summed E-state index contributed by atoms with van der Waals surface area (Å²) in [6.45, 7) is 6.22. The van der Waals surface area contributed by atoms with Crippen LogP contribution >= 0.6 is 0 Å². The van der Waals surface area contributed by atoms with Crippen LogP contribution < -0.4 is 5.73 Å². The lowest BCUT2D eigenvalue weighted by Gasteiger charge is -2.23. The van der Waals surface area contributed by atoms with Crippen LogP contribution in [-0.4, -0.2) is 17.6 Å². The van der Waals surface area contributed by atoms with Gasteiger partial charge in [0.1, 0.15) is 0 Å². The molecule has 16 heavy (non-hydrogen) atoms. The summed E-state index contributed by atoms with van der Waals surface area (Å²) in [5.41, 5.74) is 5.85. The molecule has 3 nitrogen and oxygen atoms in total. The molecule has 1 aliphatic carbocycles. The highest BCUT2D eigenvalue weighted by Gasteiger charge is 2.32. The molecule has 1 saturated carbocycles. The van der Waals surface area contributed by atoms with Crippen LogP contribution in [0.15, 0.2) is 0 Å². The Balaban J connectivity index is 2.29. The summed E-state index contributed by atoms with van der Waals surface area (Å²) in [6.07, 6.45) is 5.52. The average molecular weight is 227 g/mol. The summed E-state index contributed by atoms with van der Waals surface area (Å²) >= 11 is 0. The summed E-state index contributed by atoms with van der Waals surface area (Å²) < 4.78 is 5.37. The number of rotatable bonds is 5. The second-order valence-electron chi connectivity index (χ2n) is 5.68. The first-order valence-electron chi connectivity index (χ1n) is 6.40. The highest BCUT2D eigenvalue weighted by molar-refractivity contribution is 5.71. The number of carbonyl (C=O) groups is 1. The molecule has 0 aliphatic heterocycles. The van der Waals surface area contributed by atoms with Gasteiger partial charge in [-0.25, -0.2) is 0 Å². The van der Waals surface area contributed by atoms with Gasteiger partial charge in [0.05, 0.1) is 12.5 Å². The minimum atomic E-state index is -0.283. The molecule has 0 saturated heterocycles. The minimum absolute atomic E-state index is 0.0116. The summed E-state index contributed by atoms with van der Waals surface area (Å²) in [4.78, 5) is 11.7. The van der Waals surface area contributed by atoms with Crippen molar-refractivity contribution in [3.05, 3.63) is 0 Å². The Labute approximate surface area is 98.7 Å². The number of nitrogens with two attached hydrogens (primary N) is 1. The minimum Gasteiger partial charge on any atom is -0.463 e. The molecule has 94 valence electrons. The fourth-order valence-corrected chi connectivity index (χ4v) is 2.52. The molecule has 0 bridgehead atoms. The molecule has 0 aromatic heterocycles. The number of esters is 1. The highest BCUT2D eigenvalue weighted by Crippen LogP contribution is 2.30. The first-order chi connectivity index (χ1) is 7.41. The van der Waals surface area contributed by atoms with Crippen LogP contribution in [0, 0.1) is 5.92 Å². The van der Waals surface area contributed by atoms with Crippen LogP contribution in [0.25, 0.3) is 0 Å². The number of carbonyl (C=O) groups excluding carboxylic acids is 1. The molecule has 1 unspecified atom stereocenters. The summed E-state index contributed by atoms with van der Waals surface area (Å²) in [5.74, 6) is 0.429. The predicted molar refractivity (Wildman–Crippen MR) is 65.0 cm³/mol. The Kier molecular flexibility index (Phi) is 4.78. The van der Waals surface area contributed by atoms with Crippen molar-refractivity contribution in [2.24, 2.45) is 11.7 Å². The molecule has 1 atom stereocenters. The van der Waals surface area contributed by atoms with Crippen molar-refractivity contribution in [2.45, 2.75) is 70.9 Å². The van der Waals surface area contributed by atoms with Crippen LogP contribution in [0.2, 0.25) is 0 Å². The van der Waals surface area contributed by atoms with Crippen molar-refractivity contribution in [3.8, 4) is 0 Å². The normalized spacial score (nSPS) is 21.1. The molecule has 2 N–H and O–H groups in total. The lowest BCUT2D eigenvalue weighted by Crippen LogP contribution is -2.39. The Morgan fingerprint density at radius 2 is 1.88 bits per heavy atom. The van der Waals surface area contributed by atoms with Gasteiger partial charge in [0.15, 0.2) is 0 Å². The number of ether oxygens (including phenoxy) is 1. The lowest BCUT2D eigenvalue weighted by molar-refractivity contribution is -0.150. The van der Waals surface area contributed by atoms with Crippen LogP contribution in [0.1, 0.15) is 59.3 Å². The molecular weight excluding hydrogens is 202 g/mol. The first kappa shape index (κ1) is 13.5. The Morgan fingerprint density at radius 1 is 1.31 bits per heavy atom. The third kappa shape index (κ3) is 4.52. The zero-order valence-corrected chi connectivity index (χ0v) is 10.8. The number of hydrogen-bond acceptors (Lipinski definition) is 3. The van der Waals surface area contributed by atoms with E-state index in [9.17, 15) is 4.79 Å². The fraction of sp³-hybridized carbons (Fsp3) is 0.923. The largest absolute Gasteiger partial charge is 0.463 e. The summed E-state index contributed by atoms with van der Waals surface area (Å²) in [6, 6.07) is 0. The van der Waals surface area contributed by atoms with E-state index in [2.05, 4.69) is 13.8 Å². The molecule has 3 heteroatoms. The SMILES string of the molecule is CC(C)CC(C)OC(=O)CC1(N)CCCC1. The van der Waals surface area contributed by atoms with Crippen molar-refractivity contribution in [2.75, 3.05) is 0 Å². The van der Waals surface area contributed by atoms with Gasteiger partial charge in [-0.3, -0.25) is 4.79 Å². The number of hydrogen-bond donors (Lipinski definition) is 1. The molecule has 0 heterocycles. The van der Waals surface area contributed by atoms with Gasteiger partial charge in [-0.05, 0) is 32.1 Å². The summed E-state index contributed by atoms with van der Waals surface area (Å²) in [7, 11) is 0. The molecule has 1 fully saturated rings. The third-order valence-electron chi connectivity index (χ3n) is 3.23. The smallest absolute Gasteiger partial charge is 0.307 e. The van der Waals surface area contributed by atoms with Crippen molar-refractivity contribution in [1.82, 2.24) is 0 Å². The molecule has 0 radical (unpaired) electrons. The topological polar surface area (TPSA) is 52.3 Å². The van der Waals surface area contributed by atoms with Crippen LogP contribution in [0.3, 0.4) is 0 Å². The lowest BCUT2D eigenvalue weighted by atomic mass is 9.95. The Bertz CT molecular complexity index is 232. The van der Waals surface area contributed by atoms with Gasteiger partial charge < -0.3 is 10.5 Å². The van der Waals surface area contributed by atoms with Gasteiger partial charge in [-0.1, -0.05) is 26.7 Å². The highest BCUT2D eigenvalue weighted by atomic mass is 16.5. The van der Waals surface area contributed by atoms with Gasteiger partial charge in [-0.2, -0.15) is 0 Å². The molecule has 0 amide bonds. The monoisotopic (exact) mass is 227 g/mol. The van der Waals surface area contributed by atoms with Crippen molar-refractivity contribution in [3.63, 3.8) is 0 Å². The first-order valence-corrected chi connectivity index (χ1v) is 6.40. The second kappa shape index (κ2) is 5.67. The van der Waals surface area contributed by atoms with E-state index in [1.165, 1.54) is 0 Å². The van der Waals surface area contributed by atoms with E-state index in [-0.39, 0.29) is 17.6 Å². The quantitative estimate of drug-likeness (QED) is 0.735. The maximum Gasteiger partial charge on any atom is 0.307 e. The maximum absolute atomic E-state index is 11.7.